The second kappa shape index (κ2) is 9.60. The fourth-order valence-electron chi connectivity index (χ4n) is 1.21. The smallest absolute Gasteiger partial charge is 0.335 e. The molecular formula is C11H24NO9+. The van der Waals surface area contributed by atoms with Gasteiger partial charge >= 0.3 is 11.9 Å². The van der Waals surface area contributed by atoms with Crippen LogP contribution in [0.25, 0.3) is 0 Å². The number of quaternary nitrogens is 1. The van der Waals surface area contributed by atoms with Crippen LogP contribution in [0.15, 0.2) is 0 Å². The van der Waals surface area contributed by atoms with Crippen molar-refractivity contribution in [3.8, 4) is 0 Å². The topological polar surface area (TPSA) is 176 Å². The van der Waals surface area contributed by atoms with Gasteiger partial charge in [0.1, 0.15) is 18.8 Å². The van der Waals surface area contributed by atoms with E-state index in [1.807, 2.05) is 21.1 Å². The van der Waals surface area contributed by atoms with Gasteiger partial charge in [-0.25, -0.2) is 4.79 Å². The lowest BCUT2D eigenvalue weighted by Gasteiger charge is -2.25. The van der Waals surface area contributed by atoms with Gasteiger partial charge in [0, 0.05) is 0 Å². The van der Waals surface area contributed by atoms with E-state index in [-0.39, 0.29) is 6.42 Å². The lowest BCUT2D eigenvalue weighted by atomic mass is 10.2. The van der Waals surface area contributed by atoms with E-state index in [4.69, 9.17) is 35.7 Å². The van der Waals surface area contributed by atoms with E-state index in [1.54, 1.807) is 0 Å². The highest BCUT2D eigenvalue weighted by molar-refractivity contribution is 5.72. The maximum atomic E-state index is 10.1. The number of carboxylic acids is 2. The molecule has 3 atom stereocenters. The molecule has 0 rings (SSSR count). The van der Waals surface area contributed by atoms with Gasteiger partial charge in [-0.15, -0.1) is 0 Å². The Labute approximate surface area is 121 Å². The molecule has 0 aromatic carbocycles. The number of carboxylic acid groups (broad SMARTS) is 2. The Morgan fingerprint density at radius 1 is 0.952 bits per heavy atom. The van der Waals surface area contributed by atoms with Crippen LogP contribution in [0.3, 0.4) is 0 Å². The Bertz CT molecular complexity index is 326. The first-order valence-electron chi connectivity index (χ1n) is 5.93. The molecule has 0 aliphatic heterocycles. The monoisotopic (exact) mass is 314 g/mol. The number of aliphatic hydroxyl groups excluding tert-OH is 4. The maximum Gasteiger partial charge on any atom is 0.335 e. The summed E-state index contributed by atoms with van der Waals surface area (Å²) in [5.74, 6) is -2.66. The highest BCUT2D eigenvalue weighted by Gasteiger charge is 2.28. The third-order valence-electron chi connectivity index (χ3n) is 2.05. The Balaban J connectivity index is 0. The van der Waals surface area contributed by atoms with Crippen LogP contribution < -0.4 is 0 Å². The number of hydrogen-bond acceptors (Lipinski definition) is 7. The van der Waals surface area contributed by atoms with Gasteiger partial charge in [-0.1, -0.05) is 0 Å². The molecule has 10 heteroatoms. The van der Waals surface area contributed by atoms with Crippen molar-refractivity contribution >= 4 is 11.9 Å². The van der Waals surface area contributed by atoms with E-state index < -0.39 is 36.5 Å². The summed E-state index contributed by atoms with van der Waals surface area (Å²) in [5.41, 5.74) is 0. The first-order valence-corrected chi connectivity index (χ1v) is 5.93. The summed E-state index contributed by atoms with van der Waals surface area (Å²) in [7, 11) is 5.72. The van der Waals surface area contributed by atoms with Crippen molar-refractivity contribution in [3.63, 3.8) is 0 Å². The molecule has 0 aliphatic rings. The van der Waals surface area contributed by atoms with Gasteiger partial charge in [-0.05, 0) is 0 Å². The van der Waals surface area contributed by atoms with Gasteiger partial charge < -0.3 is 40.2 Å². The van der Waals surface area contributed by atoms with Gasteiger partial charge in [0.15, 0.2) is 12.4 Å². The molecule has 0 aliphatic carbocycles. The average molecular weight is 314 g/mol. The van der Waals surface area contributed by atoms with E-state index in [2.05, 4.69) is 0 Å². The molecular weight excluding hydrogens is 290 g/mol. The van der Waals surface area contributed by atoms with E-state index in [9.17, 15) is 9.59 Å². The predicted octanol–water partition coefficient (Wildman–Crippen LogP) is -3.37. The van der Waals surface area contributed by atoms with E-state index in [0.717, 1.165) is 0 Å². The summed E-state index contributed by atoms with van der Waals surface area (Å²) in [4.78, 5) is 19.9. The van der Waals surface area contributed by atoms with Crippen LogP contribution in [-0.2, 0) is 9.59 Å². The van der Waals surface area contributed by atoms with Crippen LogP contribution in [0, 0.1) is 0 Å². The van der Waals surface area contributed by atoms with Crippen molar-refractivity contribution in [1.82, 2.24) is 0 Å². The lowest BCUT2D eigenvalue weighted by Crippen LogP contribution is -2.42. The average Bonchev–Trinajstić information content (AvgIpc) is 2.23. The van der Waals surface area contributed by atoms with Gasteiger partial charge in [0.25, 0.3) is 0 Å². The Hall–Kier alpha value is -1.30. The highest BCUT2D eigenvalue weighted by Crippen LogP contribution is 1.98. The van der Waals surface area contributed by atoms with Gasteiger partial charge in [-0.3, -0.25) is 4.79 Å². The Kier molecular flexibility index (Phi) is 10.1. The first kappa shape index (κ1) is 22.0. The number of hydrogen-bond donors (Lipinski definition) is 7. The maximum absolute atomic E-state index is 10.1. The summed E-state index contributed by atoms with van der Waals surface area (Å²) < 4.78 is 0.578. The number of rotatable bonds is 7. The summed E-state index contributed by atoms with van der Waals surface area (Å²) in [6.45, 7) is 0.465. The van der Waals surface area contributed by atoms with Crippen molar-refractivity contribution in [3.05, 3.63) is 0 Å². The third-order valence-corrected chi connectivity index (χ3v) is 2.05. The van der Waals surface area contributed by atoms with Crippen LogP contribution in [0.2, 0.25) is 0 Å². The highest BCUT2D eigenvalue weighted by atomic mass is 16.5. The summed E-state index contributed by atoms with van der Waals surface area (Å²) >= 11 is 0. The zero-order chi connectivity index (χ0) is 17.4. The van der Waals surface area contributed by atoms with Crippen molar-refractivity contribution in [2.45, 2.75) is 31.0 Å². The molecule has 2 unspecified atom stereocenters. The molecule has 0 aromatic rings. The number of carbonyl (C=O) groups is 2. The molecule has 0 saturated carbocycles. The van der Waals surface area contributed by atoms with Crippen LogP contribution in [0.5, 0.6) is 0 Å². The molecule has 0 radical (unpaired) electrons. The SMILES string of the molecule is C[N+](C)(C)C[C@H](O)CC(=O)O.O=C(O)C(O)C(O)C(O)O. The Morgan fingerprint density at radius 2 is 1.38 bits per heavy atom. The molecule has 10 nitrogen and oxygen atoms in total. The predicted molar refractivity (Wildman–Crippen MR) is 69.0 cm³/mol. The van der Waals surface area contributed by atoms with E-state index >= 15 is 0 Å². The Morgan fingerprint density at radius 3 is 1.57 bits per heavy atom. The van der Waals surface area contributed by atoms with Crippen LogP contribution in [0.1, 0.15) is 6.42 Å². The minimum absolute atomic E-state index is 0.171. The zero-order valence-electron chi connectivity index (χ0n) is 12.1. The molecule has 21 heavy (non-hydrogen) atoms. The standard InChI is InChI=1S/C7H15NO3.C4H8O6/c1-8(2,3)5-6(9)4-7(10)11;5-1(3(7)8)2(6)4(9)10/h6,9H,4-5H2,1-3H3;1-3,5-8H,(H,9,10)/p+1/t6-;/m1./s1. The van der Waals surface area contributed by atoms with Crippen molar-refractivity contribution < 1.29 is 49.8 Å². The fourth-order valence-corrected chi connectivity index (χ4v) is 1.21. The normalized spacial score (nSPS) is 15.7. The molecule has 0 fully saturated rings. The zero-order valence-corrected chi connectivity index (χ0v) is 12.1. The largest absolute Gasteiger partial charge is 0.481 e. The van der Waals surface area contributed by atoms with Crippen LogP contribution in [0.4, 0.5) is 0 Å². The fraction of sp³-hybridized carbons (Fsp3) is 0.818. The molecule has 0 spiro atoms. The molecule has 7 N–H and O–H groups in total. The molecule has 0 amide bonds. The first-order chi connectivity index (χ1) is 9.27. The van der Waals surface area contributed by atoms with Gasteiger partial charge in [0.2, 0.25) is 0 Å². The van der Waals surface area contributed by atoms with Crippen molar-refractivity contribution in [2.24, 2.45) is 0 Å². The molecule has 126 valence electrons. The minimum atomic E-state index is -2.24. The van der Waals surface area contributed by atoms with Crippen LogP contribution >= 0.6 is 0 Å². The van der Waals surface area contributed by atoms with Gasteiger partial charge in [0.05, 0.1) is 27.6 Å². The number of nitrogens with zero attached hydrogens (tertiary/aromatic N) is 1. The molecule has 0 heterocycles. The van der Waals surface area contributed by atoms with Crippen molar-refractivity contribution in [1.29, 1.82) is 0 Å². The van der Waals surface area contributed by atoms with E-state index in [0.29, 0.717) is 11.0 Å². The summed E-state index contributed by atoms with van der Waals surface area (Å²) in [6, 6.07) is 0. The third kappa shape index (κ3) is 13.4. The lowest BCUT2D eigenvalue weighted by molar-refractivity contribution is -0.873. The summed E-state index contributed by atoms with van der Waals surface area (Å²) in [6.07, 6.45) is -7.40. The molecule has 0 saturated heterocycles. The second-order valence-corrected chi connectivity index (χ2v) is 5.41. The number of likely N-dealkylation sites (N-methyl/N-ethyl adjacent to an activating group) is 1. The number of aliphatic hydroxyl groups is 5. The molecule has 0 bridgehead atoms. The quantitative estimate of drug-likeness (QED) is 0.187. The van der Waals surface area contributed by atoms with Gasteiger partial charge in [-0.2, -0.15) is 0 Å². The minimum Gasteiger partial charge on any atom is -0.481 e. The number of aliphatic carboxylic acids is 2. The van der Waals surface area contributed by atoms with E-state index in [1.165, 1.54) is 0 Å². The van der Waals surface area contributed by atoms with Crippen molar-refractivity contribution in [2.75, 3.05) is 27.7 Å². The molecule has 0 aromatic heterocycles. The van der Waals surface area contributed by atoms with Crippen LogP contribution in [-0.4, -0.2) is 104 Å². The summed E-state index contributed by atoms with van der Waals surface area (Å²) in [5, 5.41) is 58.5. The second-order valence-electron chi connectivity index (χ2n) is 5.41.